The van der Waals surface area contributed by atoms with Crippen molar-refractivity contribution in [3.05, 3.63) is 60.2 Å². The van der Waals surface area contributed by atoms with Crippen molar-refractivity contribution >= 4 is 26.2 Å². The molecule has 0 aliphatic carbocycles. The average molecular weight is 404 g/mol. The molecule has 2 unspecified atom stereocenters. The van der Waals surface area contributed by atoms with E-state index in [-0.39, 0.29) is 20.1 Å². The number of thioether (sulfide) groups is 1. The summed E-state index contributed by atoms with van der Waals surface area (Å²) in [5.41, 5.74) is 0.688. The van der Waals surface area contributed by atoms with Crippen LogP contribution in [0, 0.1) is 5.92 Å². The first-order valence-corrected chi connectivity index (χ1v) is 10.9. The van der Waals surface area contributed by atoms with Crippen LogP contribution in [0.25, 0.3) is 0 Å². The molecule has 0 bridgehead atoms. The Labute approximate surface area is 166 Å². The van der Waals surface area contributed by atoms with E-state index >= 15 is 0 Å². The van der Waals surface area contributed by atoms with Gasteiger partial charge in [0.15, 0.2) is 8.46 Å². The van der Waals surface area contributed by atoms with Crippen molar-refractivity contribution in [1.82, 2.24) is 0 Å². The highest BCUT2D eigenvalue weighted by Crippen LogP contribution is 2.34. The summed E-state index contributed by atoms with van der Waals surface area (Å²) in [5, 5.41) is 0. The Morgan fingerprint density at radius 3 is 2.41 bits per heavy atom. The Kier molecular flexibility index (Phi) is 9.37. The van der Waals surface area contributed by atoms with Crippen molar-refractivity contribution in [3.8, 4) is 5.75 Å². The summed E-state index contributed by atoms with van der Waals surface area (Å²) in [5.74, 6) is 0.583. The van der Waals surface area contributed by atoms with E-state index in [0.29, 0.717) is 25.4 Å². The maximum atomic E-state index is 12.5. The molecule has 0 radical (unpaired) electrons. The number of hydrogen-bond acceptors (Lipinski definition) is 5. The highest BCUT2D eigenvalue weighted by molar-refractivity contribution is 7.99. The lowest BCUT2D eigenvalue weighted by atomic mass is 9.96. The summed E-state index contributed by atoms with van der Waals surface area (Å²) < 4.78 is 22.8. The second-order valence-corrected chi connectivity index (χ2v) is 7.85. The number of esters is 1. The molecule has 144 valence electrons. The van der Waals surface area contributed by atoms with E-state index in [1.54, 1.807) is 18.7 Å². The van der Waals surface area contributed by atoms with E-state index in [4.69, 9.17) is 9.47 Å². The Bertz CT molecular complexity index is 723. The fourth-order valence-corrected chi connectivity index (χ4v) is 4.60. The molecule has 0 amide bonds. The third-order valence-electron chi connectivity index (χ3n) is 4.05. The Balaban J connectivity index is 2.14. The number of benzene rings is 2. The van der Waals surface area contributed by atoms with Gasteiger partial charge in [-0.2, -0.15) is 0 Å². The van der Waals surface area contributed by atoms with E-state index in [1.165, 1.54) is 0 Å². The monoisotopic (exact) mass is 404 g/mol. The number of carbonyl (C=O) groups excluding carboxylic acids is 1. The fourth-order valence-electron chi connectivity index (χ4n) is 2.73. The van der Waals surface area contributed by atoms with Crippen LogP contribution in [0.5, 0.6) is 5.75 Å². The van der Waals surface area contributed by atoms with Gasteiger partial charge in [0.05, 0.1) is 24.8 Å². The molecule has 0 spiro atoms. The lowest BCUT2D eigenvalue weighted by Gasteiger charge is -2.21. The van der Waals surface area contributed by atoms with Crippen LogP contribution in [-0.4, -0.2) is 30.6 Å². The van der Waals surface area contributed by atoms with E-state index in [9.17, 15) is 9.36 Å². The Morgan fingerprint density at radius 2 is 1.74 bits per heavy atom. The lowest BCUT2D eigenvalue weighted by Crippen LogP contribution is -2.30. The van der Waals surface area contributed by atoms with Crippen molar-refractivity contribution in [2.75, 3.05) is 19.0 Å². The van der Waals surface area contributed by atoms with Gasteiger partial charge in [0.1, 0.15) is 5.75 Å². The summed E-state index contributed by atoms with van der Waals surface area (Å²) in [6.07, 6.45) is 0.507. The zero-order valence-corrected chi connectivity index (χ0v) is 17.4. The van der Waals surface area contributed by atoms with Crippen molar-refractivity contribution in [1.29, 1.82) is 0 Å². The SMILES string of the molecule is CCOC(=O)C(Cc1ccccc1)C(CSc1ccccc1OCC)P=O. The average Bonchev–Trinajstić information content (AvgIpc) is 2.70. The van der Waals surface area contributed by atoms with Gasteiger partial charge < -0.3 is 9.47 Å². The smallest absolute Gasteiger partial charge is 0.310 e. The van der Waals surface area contributed by atoms with Crippen LogP contribution in [0.1, 0.15) is 19.4 Å². The first-order chi connectivity index (χ1) is 13.2. The van der Waals surface area contributed by atoms with Crippen molar-refractivity contribution < 1.29 is 18.8 Å². The summed E-state index contributed by atoms with van der Waals surface area (Å²) in [6.45, 7) is 4.62. The number of rotatable bonds is 11. The maximum Gasteiger partial charge on any atom is 0.310 e. The lowest BCUT2D eigenvalue weighted by molar-refractivity contribution is -0.147. The molecular formula is C21H25O4PS. The zero-order valence-electron chi connectivity index (χ0n) is 15.7. The molecular weight excluding hydrogens is 379 g/mol. The molecule has 0 N–H and O–H groups in total. The summed E-state index contributed by atoms with van der Waals surface area (Å²) in [7, 11) is -0.0537. The first kappa shape index (κ1) is 21.5. The molecule has 4 nitrogen and oxygen atoms in total. The van der Waals surface area contributed by atoms with Crippen LogP contribution in [0.4, 0.5) is 0 Å². The van der Waals surface area contributed by atoms with E-state index in [2.05, 4.69) is 0 Å². The van der Waals surface area contributed by atoms with Crippen LogP contribution in [0.2, 0.25) is 0 Å². The minimum atomic E-state index is -0.460. The molecule has 2 aromatic carbocycles. The highest BCUT2D eigenvalue weighted by Gasteiger charge is 2.31. The van der Waals surface area contributed by atoms with Crippen LogP contribution < -0.4 is 4.74 Å². The second kappa shape index (κ2) is 11.8. The van der Waals surface area contributed by atoms with Gasteiger partial charge in [-0.05, 0) is 38.0 Å². The number of carbonyl (C=O) groups is 1. The first-order valence-electron chi connectivity index (χ1n) is 9.07. The Hall–Kier alpha value is -1.84. The van der Waals surface area contributed by atoms with Crippen LogP contribution in [0.15, 0.2) is 59.5 Å². The summed E-state index contributed by atoms with van der Waals surface area (Å²) in [6, 6.07) is 17.5. The molecule has 2 rings (SSSR count). The molecule has 0 saturated heterocycles. The predicted octanol–water partition coefficient (Wildman–Crippen LogP) is 5.26. The molecule has 0 aliphatic rings. The number of ether oxygens (including phenoxy) is 2. The van der Waals surface area contributed by atoms with Gasteiger partial charge in [-0.15, -0.1) is 11.8 Å². The highest BCUT2D eigenvalue weighted by atomic mass is 32.2. The van der Waals surface area contributed by atoms with E-state index in [1.807, 2.05) is 61.5 Å². The quantitative estimate of drug-likeness (QED) is 0.290. The van der Waals surface area contributed by atoms with Gasteiger partial charge in [-0.25, -0.2) is 0 Å². The molecule has 0 aliphatic heterocycles. The zero-order chi connectivity index (χ0) is 19.5. The standard InChI is InChI=1S/C21H25O4PS/c1-3-24-18-12-8-9-13-20(18)27-15-19(26-23)17(21(22)25-4-2)14-16-10-6-5-7-11-16/h5-13,17,19H,3-4,14-15H2,1-2H3. The van der Waals surface area contributed by atoms with Crippen LogP contribution in [-0.2, 0) is 20.5 Å². The van der Waals surface area contributed by atoms with Crippen LogP contribution in [0.3, 0.4) is 0 Å². The molecule has 6 heteroatoms. The fraction of sp³-hybridized carbons (Fsp3) is 0.381. The molecule has 2 aromatic rings. The molecule has 0 saturated carbocycles. The van der Waals surface area contributed by atoms with Gasteiger partial charge in [-0.1, -0.05) is 42.5 Å². The maximum absolute atomic E-state index is 12.5. The summed E-state index contributed by atoms with van der Waals surface area (Å²) >= 11 is 1.55. The minimum Gasteiger partial charge on any atom is -0.493 e. The van der Waals surface area contributed by atoms with Crippen molar-refractivity contribution in [2.45, 2.75) is 30.8 Å². The van der Waals surface area contributed by atoms with Gasteiger partial charge in [0.2, 0.25) is 0 Å². The van der Waals surface area contributed by atoms with Crippen molar-refractivity contribution in [2.24, 2.45) is 5.92 Å². The Morgan fingerprint density at radius 1 is 1.04 bits per heavy atom. The van der Waals surface area contributed by atoms with Crippen molar-refractivity contribution in [3.63, 3.8) is 0 Å². The normalized spacial score (nSPS) is 13.1. The van der Waals surface area contributed by atoms with E-state index < -0.39 is 5.92 Å². The molecule has 0 heterocycles. The molecule has 27 heavy (non-hydrogen) atoms. The predicted molar refractivity (Wildman–Crippen MR) is 110 cm³/mol. The topological polar surface area (TPSA) is 52.6 Å². The van der Waals surface area contributed by atoms with Gasteiger partial charge >= 0.3 is 5.97 Å². The van der Waals surface area contributed by atoms with Crippen LogP contribution >= 0.6 is 20.2 Å². The number of para-hydroxylation sites is 1. The third kappa shape index (κ3) is 6.67. The third-order valence-corrected chi connectivity index (χ3v) is 6.28. The largest absolute Gasteiger partial charge is 0.493 e. The summed E-state index contributed by atoms with van der Waals surface area (Å²) in [4.78, 5) is 13.5. The number of hydrogen-bond donors (Lipinski definition) is 0. The minimum absolute atomic E-state index is 0.0537. The molecule has 2 atom stereocenters. The van der Waals surface area contributed by atoms with Gasteiger partial charge in [0.25, 0.3) is 0 Å². The van der Waals surface area contributed by atoms with Gasteiger partial charge in [0, 0.05) is 10.6 Å². The second-order valence-electron chi connectivity index (χ2n) is 5.91. The van der Waals surface area contributed by atoms with E-state index in [0.717, 1.165) is 16.2 Å². The molecule has 0 aromatic heterocycles. The van der Waals surface area contributed by atoms with Gasteiger partial charge in [-0.3, -0.25) is 9.36 Å². The molecule has 0 fully saturated rings.